The smallest absolute Gasteiger partial charge is 0.340 e. The van der Waals surface area contributed by atoms with E-state index in [9.17, 15) is 4.79 Å². The van der Waals surface area contributed by atoms with Crippen LogP contribution in [0.4, 0.5) is 5.69 Å². The highest BCUT2D eigenvalue weighted by Crippen LogP contribution is 2.19. The number of esters is 1. The number of hydrogen-bond acceptors (Lipinski definition) is 4. The van der Waals surface area contributed by atoms with Crippen molar-refractivity contribution in [1.82, 2.24) is 0 Å². The number of benzene rings is 1. The second-order valence-corrected chi connectivity index (χ2v) is 3.19. The van der Waals surface area contributed by atoms with Crippen LogP contribution in [0.5, 0.6) is 0 Å². The Kier molecular flexibility index (Phi) is 4.39. The quantitative estimate of drug-likeness (QED) is 0.372. The van der Waals surface area contributed by atoms with Crippen molar-refractivity contribution >= 4 is 23.3 Å². The van der Waals surface area contributed by atoms with Gasteiger partial charge in [-0.15, -0.1) is 0 Å². The Morgan fingerprint density at radius 3 is 2.87 bits per heavy atom. The van der Waals surface area contributed by atoms with Crippen molar-refractivity contribution in [3.8, 4) is 0 Å². The zero-order valence-electron chi connectivity index (χ0n) is 8.33. The third-order valence-corrected chi connectivity index (χ3v) is 2.04. The molecule has 2 N–H and O–H groups in total. The van der Waals surface area contributed by atoms with Gasteiger partial charge in [0.15, 0.2) is 6.79 Å². The van der Waals surface area contributed by atoms with Crippen LogP contribution in [0.2, 0.25) is 5.02 Å². The van der Waals surface area contributed by atoms with Crippen molar-refractivity contribution in [2.75, 3.05) is 19.1 Å². The van der Waals surface area contributed by atoms with Crippen molar-refractivity contribution in [1.29, 1.82) is 0 Å². The molecule has 1 aromatic carbocycles. The summed E-state index contributed by atoms with van der Waals surface area (Å²) in [6.45, 7) is 2.25. The van der Waals surface area contributed by atoms with Gasteiger partial charge in [-0.25, -0.2) is 4.79 Å². The molecule has 0 spiro atoms. The molecule has 0 bridgehead atoms. The zero-order valence-corrected chi connectivity index (χ0v) is 9.08. The molecule has 0 aliphatic heterocycles. The number of nitrogen functional groups attached to an aromatic ring is 1. The van der Waals surface area contributed by atoms with Crippen LogP contribution in [0.15, 0.2) is 18.2 Å². The van der Waals surface area contributed by atoms with Gasteiger partial charge < -0.3 is 15.2 Å². The molecule has 0 saturated heterocycles. The Labute approximate surface area is 92.9 Å². The van der Waals surface area contributed by atoms with Gasteiger partial charge in [-0.05, 0) is 25.1 Å². The first-order valence-corrected chi connectivity index (χ1v) is 4.83. The molecule has 0 aromatic heterocycles. The molecule has 0 aliphatic carbocycles. The molecule has 0 atom stereocenters. The number of carbonyl (C=O) groups excluding carboxylic acids is 1. The van der Waals surface area contributed by atoms with E-state index < -0.39 is 5.97 Å². The molecule has 5 heteroatoms. The standard InChI is InChI=1S/C10H12ClNO3/c1-2-14-6-15-10(13)7-3-4-9(12)8(11)5-7/h3-5H,2,6,12H2,1H3. The predicted octanol–water partition coefficient (Wildman–Crippen LogP) is 2.07. The van der Waals surface area contributed by atoms with Gasteiger partial charge in [0.2, 0.25) is 0 Å². The number of rotatable bonds is 4. The Morgan fingerprint density at radius 1 is 1.53 bits per heavy atom. The van der Waals surface area contributed by atoms with E-state index in [4.69, 9.17) is 26.8 Å². The van der Waals surface area contributed by atoms with Crippen LogP contribution in [0.25, 0.3) is 0 Å². The van der Waals surface area contributed by atoms with E-state index in [1.165, 1.54) is 6.07 Å². The van der Waals surface area contributed by atoms with Gasteiger partial charge in [0, 0.05) is 6.61 Å². The number of anilines is 1. The number of hydrogen-bond donors (Lipinski definition) is 1. The molecular weight excluding hydrogens is 218 g/mol. The van der Waals surface area contributed by atoms with Gasteiger partial charge >= 0.3 is 5.97 Å². The van der Waals surface area contributed by atoms with Gasteiger partial charge in [-0.2, -0.15) is 0 Å². The van der Waals surface area contributed by atoms with Gasteiger partial charge in [-0.3, -0.25) is 0 Å². The van der Waals surface area contributed by atoms with Crippen LogP contribution in [0, 0.1) is 0 Å². The molecule has 1 rings (SSSR count). The lowest BCUT2D eigenvalue weighted by atomic mass is 10.2. The number of nitrogens with two attached hydrogens (primary N) is 1. The second kappa shape index (κ2) is 5.58. The average Bonchev–Trinajstić information content (AvgIpc) is 2.22. The maximum atomic E-state index is 11.4. The van der Waals surface area contributed by atoms with Crippen LogP contribution in [-0.4, -0.2) is 19.4 Å². The van der Waals surface area contributed by atoms with Gasteiger partial charge in [-0.1, -0.05) is 11.6 Å². The lowest BCUT2D eigenvalue weighted by Crippen LogP contribution is -2.08. The van der Waals surface area contributed by atoms with Crippen molar-refractivity contribution in [3.05, 3.63) is 28.8 Å². The van der Waals surface area contributed by atoms with E-state index in [-0.39, 0.29) is 6.79 Å². The van der Waals surface area contributed by atoms with Crippen LogP contribution < -0.4 is 5.73 Å². The molecule has 1 aromatic rings. The monoisotopic (exact) mass is 229 g/mol. The molecule has 0 saturated carbocycles. The summed E-state index contributed by atoms with van der Waals surface area (Å²) in [5.41, 5.74) is 6.29. The SMILES string of the molecule is CCOCOC(=O)c1ccc(N)c(Cl)c1. The fourth-order valence-corrected chi connectivity index (χ4v) is 1.10. The maximum Gasteiger partial charge on any atom is 0.340 e. The summed E-state index contributed by atoms with van der Waals surface area (Å²) >= 11 is 5.76. The minimum absolute atomic E-state index is 0.0582. The zero-order chi connectivity index (χ0) is 11.3. The van der Waals surface area contributed by atoms with Crippen molar-refractivity contribution < 1.29 is 14.3 Å². The number of ether oxygens (including phenoxy) is 2. The third kappa shape index (κ3) is 3.42. The molecule has 0 radical (unpaired) electrons. The minimum atomic E-state index is -0.481. The summed E-state index contributed by atoms with van der Waals surface area (Å²) in [7, 11) is 0. The van der Waals surface area contributed by atoms with Crippen LogP contribution >= 0.6 is 11.6 Å². The average molecular weight is 230 g/mol. The molecule has 4 nitrogen and oxygen atoms in total. The van der Waals surface area contributed by atoms with E-state index >= 15 is 0 Å². The highest BCUT2D eigenvalue weighted by Gasteiger charge is 2.08. The fourth-order valence-electron chi connectivity index (χ4n) is 0.916. The van der Waals surface area contributed by atoms with Gasteiger partial charge in [0.1, 0.15) is 0 Å². The van der Waals surface area contributed by atoms with Crippen LogP contribution in [0.1, 0.15) is 17.3 Å². The summed E-state index contributed by atoms with van der Waals surface area (Å²) in [4.78, 5) is 11.4. The first kappa shape index (κ1) is 11.8. The predicted molar refractivity (Wildman–Crippen MR) is 57.8 cm³/mol. The summed E-state index contributed by atoms with van der Waals surface area (Å²) in [5.74, 6) is -0.481. The molecule has 0 fully saturated rings. The summed E-state index contributed by atoms with van der Waals surface area (Å²) < 4.78 is 9.68. The summed E-state index contributed by atoms with van der Waals surface area (Å²) in [6.07, 6.45) is 0. The molecule has 0 aliphatic rings. The van der Waals surface area contributed by atoms with Crippen molar-refractivity contribution in [2.24, 2.45) is 0 Å². The van der Waals surface area contributed by atoms with Gasteiger partial charge in [0.05, 0.1) is 16.3 Å². The minimum Gasteiger partial charge on any atom is -0.435 e. The van der Waals surface area contributed by atoms with Gasteiger partial charge in [0.25, 0.3) is 0 Å². The first-order valence-electron chi connectivity index (χ1n) is 4.45. The van der Waals surface area contributed by atoms with Crippen molar-refractivity contribution in [2.45, 2.75) is 6.92 Å². The maximum absolute atomic E-state index is 11.4. The summed E-state index contributed by atoms with van der Waals surface area (Å²) in [5, 5.41) is 0.334. The number of carbonyl (C=O) groups is 1. The fraction of sp³-hybridized carbons (Fsp3) is 0.300. The number of halogens is 1. The Hall–Kier alpha value is -1.26. The molecular formula is C10H12ClNO3. The molecule has 15 heavy (non-hydrogen) atoms. The Bertz CT molecular complexity index is 355. The normalized spacial score (nSPS) is 10.0. The topological polar surface area (TPSA) is 61.5 Å². The highest BCUT2D eigenvalue weighted by molar-refractivity contribution is 6.33. The van der Waals surface area contributed by atoms with E-state index in [1.54, 1.807) is 12.1 Å². The molecule has 0 unspecified atom stereocenters. The van der Waals surface area contributed by atoms with Crippen LogP contribution in [0.3, 0.4) is 0 Å². The largest absolute Gasteiger partial charge is 0.435 e. The highest BCUT2D eigenvalue weighted by atomic mass is 35.5. The first-order chi connectivity index (χ1) is 7.15. The molecule has 0 amide bonds. The van der Waals surface area contributed by atoms with E-state index in [2.05, 4.69) is 0 Å². The Morgan fingerprint density at radius 2 is 2.27 bits per heavy atom. The van der Waals surface area contributed by atoms with Crippen molar-refractivity contribution in [3.63, 3.8) is 0 Å². The van der Waals surface area contributed by atoms with Crippen LogP contribution in [-0.2, 0) is 9.47 Å². The molecule has 0 heterocycles. The molecule has 82 valence electrons. The lowest BCUT2D eigenvalue weighted by Gasteiger charge is -2.05. The van der Waals surface area contributed by atoms with E-state index in [0.717, 1.165) is 0 Å². The third-order valence-electron chi connectivity index (χ3n) is 1.71. The summed E-state index contributed by atoms with van der Waals surface area (Å²) in [6, 6.07) is 4.57. The van der Waals surface area contributed by atoms with E-state index in [1.807, 2.05) is 6.92 Å². The second-order valence-electron chi connectivity index (χ2n) is 2.78. The van der Waals surface area contributed by atoms with E-state index in [0.29, 0.717) is 22.9 Å². The lowest BCUT2D eigenvalue weighted by molar-refractivity contribution is -0.0274. The Balaban J connectivity index is 2.62.